The number of hydrogen-bond donors (Lipinski definition) is 1. The molecule has 0 bridgehead atoms. The first-order valence-corrected chi connectivity index (χ1v) is 4.35. The van der Waals surface area contributed by atoms with E-state index in [2.05, 4.69) is 4.98 Å². The third-order valence-electron chi connectivity index (χ3n) is 2.27. The zero-order valence-corrected chi connectivity index (χ0v) is 7.28. The van der Waals surface area contributed by atoms with Crippen molar-refractivity contribution in [2.75, 3.05) is 0 Å². The third kappa shape index (κ3) is 0.893. The third-order valence-corrected chi connectivity index (χ3v) is 2.27. The molecule has 0 aliphatic carbocycles. The van der Waals surface area contributed by atoms with Crippen molar-refractivity contribution in [3.63, 3.8) is 0 Å². The van der Waals surface area contributed by atoms with E-state index in [4.69, 9.17) is 4.42 Å². The number of nitrogens with one attached hydrogen (secondary N) is 1. The summed E-state index contributed by atoms with van der Waals surface area (Å²) >= 11 is 0. The molecule has 0 spiro atoms. The number of H-pyrrole nitrogens is 1. The van der Waals surface area contributed by atoms with Crippen LogP contribution in [0.25, 0.3) is 22.0 Å². The number of aromatic nitrogens is 1. The molecule has 3 nitrogen and oxygen atoms in total. The number of hydrogen-bond acceptors (Lipinski definition) is 2. The SMILES string of the molecule is O=c1ccc2[nH]c3ccccc3c2o1. The van der Waals surface area contributed by atoms with E-state index in [0.29, 0.717) is 5.58 Å². The van der Waals surface area contributed by atoms with Gasteiger partial charge in [-0.3, -0.25) is 0 Å². The van der Waals surface area contributed by atoms with Crippen LogP contribution in [0, 0.1) is 0 Å². The van der Waals surface area contributed by atoms with E-state index in [1.807, 2.05) is 24.3 Å². The maximum absolute atomic E-state index is 11.0. The van der Waals surface area contributed by atoms with Crippen LogP contribution in [0.3, 0.4) is 0 Å². The molecule has 2 heterocycles. The highest BCUT2D eigenvalue weighted by Crippen LogP contribution is 2.22. The number of rotatable bonds is 0. The van der Waals surface area contributed by atoms with Gasteiger partial charge in [0.1, 0.15) is 0 Å². The molecule has 1 N–H and O–H groups in total. The second kappa shape index (κ2) is 2.48. The Kier molecular flexibility index (Phi) is 1.31. The predicted molar refractivity (Wildman–Crippen MR) is 54.3 cm³/mol. The van der Waals surface area contributed by atoms with E-state index < -0.39 is 0 Å². The molecule has 3 rings (SSSR count). The summed E-state index contributed by atoms with van der Waals surface area (Å²) in [5.74, 6) is 0. The Morgan fingerprint density at radius 1 is 1.00 bits per heavy atom. The lowest BCUT2D eigenvalue weighted by atomic mass is 10.2. The van der Waals surface area contributed by atoms with Gasteiger partial charge in [-0.25, -0.2) is 4.79 Å². The van der Waals surface area contributed by atoms with Gasteiger partial charge in [0.15, 0.2) is 5.58 Å². The van der Waals surface area contributed by atoms with Crippen LogP contribution in [-0.2, 0) is 0 Å². The zero-order valence-electron chi connectivity index (χ0n) is 7.28. The van der Waals surface area contributed by atoms with E-state index in [1.54, 1.807) is 6.07 Å². The van der Waals surface area contributed by atoms with Gasteiger partial charge in [-0.2, -0.15) is 0 Å². The average Bonchev–Trinajstić information content (AvgIpc) is 2.56. The minimum Gasteiger partial charge on any atom is -0.420 e. The quantitative estimate of drug-likeness (QED) is 0.584. The van der Waals surface area contributed by atoms with Crippen LogP contribution in [0.4, 0.5) is 0 Å². The Hall–Kier alpha value is -2.03. The second-order valence-corrected chi connectivity index (χ2v) is 3.17. The standard InChI is InChI=1S/C11H7NO2/c13-10-6-5-9-11(14-10)7-3-1-2-4-8(7)12-9/h1-6,12H. The lowest BCUT2D eigenvalue weighted by molar-refractivity contribution is 0.564. The smallest absolute Gasteiger partial charge is 0.336 e. The fourth-order valence-electron chi connectivity index (χ4n) is 1.65. The summed E-state index contributed by atoms with van der Waals surface area (Å²) in [6.07, 6.45) is 0. The molecule has 3 aromatic rings. The first kappa shape index (κ1) is 7.38. The van der Waals surface area contributed by atoms with Crippen LogP contribution in [0.5, 0.6) is 0 Å². The van der Waals surface area contributed by atoms with Crippen LogP contribution >= 0.6 is 0 Å². The van der Waals surface area contributed by atoms with Gasteiger partial charge >= 0.3 is 5.63 Å². The van der Waals surface area contributed by atoms with Crippen molar-refractivity contribution >= 4 is 22.0 Å². The molecule has 2 aromatic heterocycles. The van der Waals surface area contributed by atoms with Crippen molar-refractivity contribution in [3.8, 4) is 0 Å². The highest BCUT2D eigenvalue weighted by molar-refractivity contribution is 6.03. The van der Waals surface area contributed by atoms with E-state index in [-0.39, 0.29) is 5.63 Å². The summed E-state index contributed by atoms with van der Waals surface area (Å²) in [6, 6.07) is 10.9. The van der Waals surface area contributed by atoms with Gasteiger partial charge in [0, 0.05) is 17.0 Å². The van der Waals surface area contributed by atoms with Crippen LogP contribution in [0.15, 0.2) is 45.6 Å². The van der Waals surface area contributed by atoms with Gasteiger partial charge in [-0.1, -0.05) is 12.1 Å². The van der Waals surface area contributed by atoms with Crippen LogP contribution < -0.4 is 5.63 Å². The van der Waals surface area contributed by atoms with E-state index in [0.717, 1.165) is 16.4 Å². The molecule has 68 valence electrons. The van der Waals surface area contributed by atoms with Crippen molar-refractivity contribution in [1.82, 2.24) is 4.98 Å². The minimum atomic E-state index is -0.317. The molecule has 0 saturated heterocycles. The molecule has 0 unspecified atom stereocenters. The van der Waals surface area contributed by atoms with Crippen molar-refractivity contribution in [2.24, 2.45) is 0 Å². The van der Waals surface area contributed by atoms with Crippen molar-refractivity contribution in [3.05, 3.63) is 46.8 Å². The molecule has 0 saturated carbocycles. The first-order chi connectivity index (χ1) is 6.84. The highest BCUT2D eigenvalue weighted by atomic mass is 16.4. The van der Waals surface area contributed by atoms with Crippen molar-refractivity contribution in [2.45, 2.75) is 0 Å². The Labute approximate surface area is 79.0 Å². The average molecular weight is 185 g/mol. The lowest BCUT2D eigenvalue weighted by Crippen LogP contribution is -1.92. The molecular formula is C11H7NO2. The predicted octanol–water partition coefficient (Wildman–Crippen LogP) is 2.27. The van der Waals surface area contributed by atoms with Gasteiger partial charge in [-0.15, -0.1) is 0 Å². The number of aromatic amines is 1. The Balaban J connectivity index is 2.65. The molecule has 0 aliphatic rings. The summed E-state index contributed by atoms with van der Waals surface area (Å²) in [5.41, 5.74) is 2.15. The summed E-state index contributed by atoms with van der Waals surface area (Å²) in [5, 5.41) is 0.945. The maximum Gasteiger partial charge on any atom is 0.336 e. The molecule has 3 heteroatoms. The van der Waals surface area contributed by atoms with Crippen LogP contribution in [-0.4, -0.2) is 4.98 Å². The Morgan fingerprint density at radius 2 is 1.86 bits per heavy atom. The number of para-hydroxylation sites is 1. The van der Waals surface area contributed by atoms with Gasteiger partial charge in [-0.05, 0) is 18.2 Å². The van der Waals surface area contributed by atoms with E-state index in [9.17, 15) is 4.79 Å². The summed E-state index contributed by atoms with van der Waals surface area (Å²) in [4.78, 5) is 14.2. The fourth-order valence-corrected chi connectivity index (χ4v) is 1.65. The Bertz CT molecular complexity index is 663. The Morgan fingerprint density at radius 3 is 2.79 bits per heavy atom. The molecule has 1 aromatic carbocycles. The fraction of sp³-hybridized carbons (Fsp3) is 0. The molecule has 14 heavy (non-hydrogen) atoms. The van der Waals surface area contributed by atoms with Gasteiger partial charge < -0.3 is 9.40 Å². The molecule has 0 amide bonds. The van der Waals surface area contributed by atoms with Gasteiger partial charge in [0.25, 0.3) is 0 Å². The zero-order chi connectivity index (χ0) is 9.54. The first-order valence-electron chi connectivity index (χ1n) is 4.35. The maximum atomic E-state index is 11.0. The molecular weight excluding hydrogens is 178 g/mol. The van der Waals surface area contributed by atoms with E-state index >= 15 is 0 Å². The largest absolute Gasteiger partial charge is 0.420 e. The van der Waals surface area contributed by atoms with Gasteiger partial charge in [0.05, 0.1) is 5.52 Å². The minimum absolute atomic E-state index is 0.317. The molecule has 0 atom stereocenters. The summed E-state index contributed by atoms with van der Waals surface area (Å²) < 4.78 is 5.13. The molecule has 0 aliphatic heterocycles. The summed E-state index contributed by atoms with van der Waals surface area (Å²) in [6.45, 7) is 0. The monoisotopic (exact) mass is 185 g/mol. The van der Waals surface area contributed by atoms with Crippen LogP contribution in [0.1, 0.15) is 0 Å². The highest BCUT2D eigenvalue weighted by Gasteiger charge is 2.04. The topological polar surface area (TPSA) is 46.0 Å². The van der Waals surface area contributed by atoms with E-state index in [1.165, 1.54) is 6.07 Å². The lowest BCUT2D eigenvalue weighted by Gasteiger charge is -1.86. The van der Waals surface area contributed by atoms with Gasteiger partial charge in [0.2, 0.25) is 0 Å². The molecule has 0 fully saturated rings. The number of fused-ring (bicyclic) bond motifs is 3. The second-order valence-electron chi connectivity index (χ2n) is 3.17. The normalized spacial score (nSPS) is 11.1. The van der Waals surface area contributed by atoms with Crippen LogP contribution in [0.2, 0.25) is 0 Å². The van der Waals surface area contributed by atoms with Crippen molar-refractivity contribution in [1.29, 1.82) is 0 Å². The summed E-state index contributed by atoms with van der Waals surface area (Å²) in [7, 11) is 0. The van der Waals surface area contributed by atoms with Crippen molar-refractivity contribution < 1.29 is 4.42 Å². The molecule has 0 radical (unpaired) electrons. The number of benzene rings is 1.